The fraction of sp³-hybridized carbons (Fsp3) is 0.500. The van der Waals surface area contributed by atoms with Crippen molar-refractivity contribution in [3.63, 3.8) is 0 Å². The summed E-state index contributed by atoms with van der Waals surface area (Å²) in [6.07, 6.45) is 0.962. The molecule has 0 aliphatic carbocycles. The molecule has 0 aliphatic heterocycles. The highest BCUT2D eigenvalue weighted by molar-refractivity contribution is 7.09. The molecular formula is C10H15N5OS. The Hall–Kier alpha value is -1.47. The molecule has 92 valence electrons. The molecule has 0 bridgehead atoms. The van der Waals surface area contributed by atoms with E-state index in [-0.39, 0.29) is 0 Å². The van der Waals surface area contributed by atoms with E-state index in [4.69, 9.17) is 4.42 Å². The van der Waals surface area contributed by atoms with E-state index in [1.807, 2.05) is 7.05 Å². The molecule has 2 aromatic rings. The Morgan fingerprint density at radius 2 is 2.24 bits per heavy atom. The first-order valence-corrected chi connectivity index (χ1v) is 6.34. The van der Waals surface area contributed by atoms with Crippen LogP contribution >= 0.6 is 11.3 Å². The lowest BCUT2D eigenvalue weighted by molar-refractivity contribution is 0.489. The summed E-state index contributed by atoms with van der Waals surface area (Å²) in [7, 11) is 1.83. The van der Waals surface area contributed by atoms with Gasteiger partial charge in [0, 0.05) is 5.38 Å². The van der Waals surface area contributed by atoms with Gasteiger partial charge in [-0.1, -0.05) is 12.0 Å². The number of nitrogens with zero attached hydrogens (tertiary/aromatic N) is 3. The highest BCUT2D eigenvalue weighted by Crippen LogP contribution is 2.12. The fourth-order valence-electron chi connectivity index (χ4n) is 1.29. The number of hydrogen-bond acceptors (Lipinski definition) is 7. The second kappa shape index (κ2) is 5.74. The zero-order valence-electron chi connectivity index (χ0n) is 9.86. The first-order chi connectivity index (χ1) is 8.31. The molecular weight excluding hydrogens is 238 g/mol. The van der Waals surface area contributed by atoms with Gasteiger partial charge in [-0.2, -0.15) is 0 Å². The van der Waals surface area contributed by atoms with Gasteiger partial charge in [0.05, 0.1) is 18.8 Å². The van der Waals surface area contributed by atoms with E-state index in [9.17, 15) is 0 Å². The van der Waals surface area contributed by atoms with Gasteiger partial charge >= 0.3 is 6.01 Å². The Kier molecular flexibility index (Phi) is 4.05. The lowest BCUT2D eigenvalue weighted by Gasteiger charge is -1.96. The third kappa shape index (κ3) is 3.24. The second-order valence-corrected chi connectivity index (χ2v) is 4.41. The number of nitrogens with one attached hydrogen (secondary N) is 2. The Balaban J connectivity index is 1.88. The molecule has 2 aromatic heterocycles. The van der Waals surface area contributed by atoms with Crippen molar-refractivity contribution < 1.29 is 4.42 Å². The van der Waals surface area contributed by atoms with Gasteiger partial charge in [-0.3, -0.25) is 0 Å². The molecule has 0 saturated carbocycles. The van der Waals surface area contributed by atoms with Crippen LogP contribution in [0.15, 0.2) is 9.80 Å². The first kappa shape index (κ1) is 12.0. The van der Waals surface area contributed by atoms with Gasteiger partial charge in [-0.05, 0) is 13.5 Å². The maximum absolute atomic E-state index is 5.36. The molecule has 7 heteroatoms. The summed E-state index contributed by atoms with van der Waals surface area (Å²) in [5.74, 6) is 0.573. The van der Waals surface area contributed by atoms with E-state index < -0.39 is 0 Å². The molecule has 0 radical (unpaired) electrons. The van der Waals surface area contributed by atoms with Crippen LogP contribution in [0.3, 0.4) is 0 Å². The predicted octanol–water partition coefficient (Wildman–Crippen LogP) is 1.42. The Bertz CT molecular complexity index is 467. The Morgan fingerprint density at radius 1 is 1.35 bits per heavy atom. The van der Waals surface area contributed by atoms with E-state index in [0.29, 0.717) is 25.0 Å². The number of thiazole rings is 1. The summed E-state index contributed by atoms with van der Waals surface area (Å²) in [5, 5.41) is 16.9. The predicted molar refractivity (Wildman–Crippen MR) is 65.9 cm³/mol. The minimum absolute atomic E-state index is 0.434. The van der Waals surface area contributed by atoms with Gasteiger partial charge < -0.3 is 15.1 Å². The van der Waals surface area contributed by atoms with Crippen molar-refractivity contribution in [2.24, 2.45) is 0 Å². The molecule has 2 heterocycles. The Morgan fingerprint density at radius 3 is 2.94 bits per heavy atom. The number of anilines is 1. The van der Waals surface area contributed by atoms with E-state index >= 15 is 0 Å². The third-order valence-corrected chi connectivity index (χ3v) is 3.04. The summed E-state index contributed by atoms with van der Waals surface area (Å²) in [5.41, 5.74) is 1.12. The molecule has 17 heavy (non-hydrogen) atoms. The molecule has 2 N–H and O–H groups in total. The summed E-state index contributed by atoms with van der Waals surface area (Å²) >= 11 is 1.63. The maximum Gasteiger partial charge on any atom is 0.315 e. The van der Waals surface area contributed by atoms with Crippen LogP contribution < -0.4 is 10.6 Å². The smallest absolute Gasteiger partial charge is 0.315 e. The minimum Gasteiger partial charge on any atom is -0.407 e. The quantitative estimate of drug-likeness (QED) is 0.811. The zero-order chi connectivity index (χ0) is 12.1. The lowest BCUT2D eigenvalue weighted by Crippen LogP contribution is -2.04. The fourth-order valence-corrected chi connectivity index (χ4v) is 2.11. The van der Waals surface area contributed by atoms with Crippen molar-refractivity contribution >= 4 is 17.4 Å². The number of aryl methyl sites for hydroxylation is 1. The van der Waals surface area contributed by atoms with Crippen molar-refractivity contribution in [3.8, 4) is 0 Å². The minimum atomic E-state index is 0.434. The van der Waals surface area contributed by atoms with Crippen LogP contribution in [0.5, 0.6) is 0 Å². The summed E-state index contributed by atoms with van der Waals surface area (Å²) in [6.45, 7) is 3.28. The topological polar surface area (TPSA) is 75.9 Å². The zero-order valence-corrected chi connectivity index (χ0v) is 10.7. The van der Waals surface area contributed by atoms with Gasteiger partial charge in [0.15, 0.2) is 0 Å². The van der Waals surface area contributed by atoms with Crippen molar-refractivity contribution in [1.82, 2.24) is 20.5 Å². The van der Waals surface area contributed by atoms with E-state index in [2.05, 4.69) is 38.1 Å². The monoisotopic (exact) mass is 253 g/mol. The number of rotatable bonds is 6. The highest BCUT2D eigenvalue weighted by atomic mass is 32.1. The normalized spacial score (nSPS) is 10.7. The molecule has 0 atom stereocenters. The average Bonchev–Trinajstić information content (AvgIpc) is 2.95. The van der Waals surface area contributed by atoms with Gasteiger partial charge in [0.2, 0.25) is 5.89 Å². The summed E-state index contributed by atoms with van der Waals surface area (Å²) < 4.78 is 5.36. The van der Waals surface area contributed by atoms with Crippen LogP contribution in [-0.2, 0) is 19.5 Å². The van der Waals surface area contributed by atoms with Crippen LogP contribution in [-0.4, -0.2) is 22.2 Å². The average molecular weight is 253 g/mol. The number of hydrogen-bond donors (Lipinski definition) is 2. The van der Waals surface area contributed by atoms with Gasteiger partial charge in [0.1, 0.15) is 5.01 Å². The third-order valence-electron chi connectivity index (χ3n) is 2.15. The highest BCUT2D eigenvalue weighted by Gasteiger charge is 2.06. The molecule has 0 saturated heterocycles. The van der Waals surface area contributed by atoms with Crippen molar-refractivity contribution in [2.75, 3.05) is 12.4 Å². The Labute approximate surface area is 103 Å². The van der Waals surface area contributed by atoms with E-state index in [1.165, 1.54) is 0 Å². The van der Waals surface area contributed by atoms with Crippen molar-refractivity contribution in [3.05, 3.63) is 22.0 Å². The largest absolute Gasteiger partial charge is 0.407 e. The molecule has 0 spiro atoms. The van der Waals surface area contributed by atoms with Crippen molar-refractivity contribution in [2.45, 2.75) is 26.4 Å². The molecule has 0 unspecified atom stereocenters. The van der Waals surface area contributed by atoms with Crippen molar-refractivity contribution in [1.29, 1.82) is 0 Å². The van der Waals surface area contributed by atoms with E-state index in [1.54, 1.807) is 11.3 Å². The molecule has 0 aromatic carbocycles. The van der Waals surface area contributed by atoms with Crippen LogP contribution in [0.25, 0.3) is 0 Å². The van der Waals surface area contributed by atoms with Crippen LogP contribution in [0.2, 0.25) is 0 Å². The molecule has 2 rings (SSSR count). The summed E-state index contributed by atoms with van der Waals surface area (Å²) in [6, 6.07) is 0.434. The van der Waals surface area contributed by atoms with Gasteiger partial charge in [-0.15, -0.1) is 16.4 Å². The van der Waals surface area contributed by atoms with Gasteiger partial charge in [0.25, 0.3) is 0 Å². The molecule has 0 fully saturated rings. The van der Waals surface area contributed by atoms with Crippen LogP contribution in [0.1, 0.15) is 23.5 Å². The van der Waals surface area contributed by atoms with Crippen LogP contribution in [0, 0.1) is 0 Å². The molecule has 0 aliphatic rings. The van der Waals surface area contributed by atoms with Gasteiger partial charge in [-0.25, -0.2) is 4.98 Å². The lowest BCUT2D eigenvalue weighted by atomic mass is 10.4. The SMILES string of the molecule is CCc1csc(CNc2nnc(CNC)o2)n1. The molecule has 0 amide bonds. The first-order valence-electron chi connectivity index (χ1n) is 5.46. The maximum atomic E-state index is 5.36. The molecule has 6 nitrogen and oxygen atoms in total. The summed E-state index contributed by atoms with van der Waals surface area (Å²) in [4.78, 5) is 4.44. The standard InChI is InChI=1S/C10H15N5OS/c1-3-7-6-17-9(13-7)5-12-10-15-14-8(16-10)4-11-2/h6,11H,3-5H2,1-2H3,(H,12,15). The van der Waals surface area contributed by atoms with Crippen LogP contribution in [0.4, 0.5) is 6.01 Å². The van der Waals surface area contributed by atoms with E-state index in [0.717, 1.165) is 17.1 Å². The second-order valence-electron chi connectivity index (χ2n) is 3.47. The number of aromatic nitrogens is 3.